The zero-order chi connectivity index (χ0) is 48.7. The summed E-state index contributed by atoms with van der Waals surface area (Å²) >= 11 is 0. The molecule has 26 atom stereocenters. The average molecular weight is 983 g/mol. The highest BCUT2D eigenvalue weighted by atomic mass is 16.8. The number of carbonyl (C=O) groups excluding carboxylic acids is 1. The first kappa shape index (κ1) is 54.2. The van der Waals surface area contributed by atoms with E-state index in [0.717, 1.165) is 6.42 Å². The standard InChI is InChI=1S/C44H70O23.CH4/c1-17-11-43-9-5-22-41(2,7-4-8-42(22,3)40(59)66-38-33(58)30(55)26(51)20(14-47)62-38)23(43)6-10-44(17,16-43)67-39-35(65-37-32(57)29(54)25(50)19(13-46)61-37)34(27(52)21(15-48)63-39)64-36-31(56)28(53)24(49)18(12-45)60-36;/h18-39,45-58H,1,4-16H2,2-3H3;1H4/t18?,19?,20?,21?,22?,23-,24?,25?,26?,27?,28?,29?,30?,31?,32?,33?,34?,35?,36?,37?,38?,39?,41+,42+,43+,44?;/m0./s1. The van der Waals surface area contributed by atoms with Crippen LogP contribution in [0.1, 0.15) is 79.1 Å². The van der Waals surface area contributed by atoms with Crippen LogP contribution in [0, 0.1) is 28.1 Å². The summed E-state index contributed by atoms with van der Waals surface area (Å²) in [4.78, 5) is 14.3. The summed E-state index contributed by atoms with van der Waals surface area (Å²) in [6.45, 7) is 5.41. The molecule has 0 aromatic rings. The summed E-state index contributed by atoms with van der Waals surface area (Å²) in [7, 11) is 0. The summed E-state index contributed by atoms with van der Waals surface area (Å²) in [5.41, 5.74) is -2.33. The second-order valence-corrected chi connectivity index (χ2v) is 20.8. The van der Waals surface area contributed by atoms with Gasteiger partial charge in [0.25, 0.3) is 0 Å². The number of esters is 1. The highest BCUT2D eigenvalue weighted by molar-refractivity contribution is 5.77. The van der Waals surface area contributed by atoms with Gasteiger partial charge in [-0.2, -0.15) is 0 Å². The van der Waals surface area contributed by atoms with Crippen LogP contribution in [0.4, 0.5) is 0 Å². The third-order valence-electron chi connectivity index (χ3n) is 17.1. The van der Waals surface area contributed by atoms with Crippen molar-refractivity contribution in [1.29, 1.82) is 0 Å². The Morgan fingerprint density at radius 2 is 1.03 bits per heavy atom. The molecular formula is C45H74O23. The van der Waals surface area contributed by atoms with Gasteiger partial charge in [0.05, 0.1) is 37.4 Å². The number of fused-ring (bicyclic) bond motifs is 3. The molecule has 4 heterocycles. The number of hydrogen-bond acceptors (Lipinski definition) is 23. The summed E-state index contributed by atoms with van der Waals surface area (Å²) in [5.74, 6) is -0.805. The van der Waals surface area contributed by atoms with Gasteiger partial charge in [-0.3, -0.25) is 4.79 Å². The van der Waals surface area contributed by atoms with Crippen LogP contribution < -0.4 is 0 Å². The van der Waals surface area contributed by atoms with Crippen molar-refractivity contribution in [2.75, 3.05) is 26.4 Å². The van der Waals surface area contributed by atoms with Gasteiger partial charge in [0.2, 0.25) is 6.29 Å². The van der Waals surface area contributed by atoms with Crippen LogP contribution in [0.25, 0.3) is 0 Å². The van der Waals surface area contributed by atoms with Gasteiger partial charge in [0.15, 0.2) is 18.9 Å². The van der Waals surface area contributed by atoms with Crippen molar-refractivity contribution in [3.63, 3.8) is 0 Å². The molecule has 0 aromatic heterocycles. The summed E-state index contributed by atoms with van der Waals surface area (Å²) in [6, 6.07) is 0. The fraction of sp³-hybridized carbons (Fsp3) is 0.933. The summed E-state index contributed by atoms with van der Waals surface area (Å²) in [6.07, 6.45) is -29.1. The van der Waals surface area contributed by atoms with Crippen molar-refractivity contribution < 1.29 is 114 Å². The molecule has 22 unspecified atom stereocenters. The molecule has 68 heavy (non-hydrogen) atoms. The monoisotopic (exact) mass is 982 g/mol. The maximum Gasteiger partial charge on any atom is 0.314 e. The lowest BCUT2D eigenvalue weighted by molar-refractivity contribution is -0.400. The van der Waals surface area contributed by atoms with E-state index in [1.165, 1.54) is 0 Å². The molecule has 0 amide bonds. The number of ether oxygens (including phenoxy) is 8. The molecular weight excluding hydrogens is 908 g/mol. The van der Waals surface area contributed by atoms with E-state index >= 15 is 0 Å². The molecule has 4 aliphatic heterocycles. The van der Waals surface area contributed by atoms with Crippen LogP contribution in [-0.2, 0) is 42.7 Å². The smallest absolute Gasteiger partial charge is 0.314 e. The minimum Gasteiger partial charge on any atom is -0.432 e. The Kier molecular flexibility index (Phi) is 16.2. The van der Waals surface area contributed by atoms with E-state index in [0.29, 0.717) is 56.9 Å². The lowest BCUT2D eigenvalue weighted by Gasteiger charge is -2.64. The first-order valence-electron chi connectivity index (χ1n) is 23.4. The average Bonchev–Trinajstić information content (AvgIpc) is 3.50. The SMILES string of the molecule is C.C=C1C[C@@]23CCC4[C@](C)(C(=O)OC5OC(CO)C(O)C(O)C5O)CCC[C@@]4(C)[C@@H]2CCC1(OC1OC(CO)C(O)C(OC2OC(CO)C(O)C(O)C2O)C1OC1OC(CO)C(O)C(O)C1O)C3. The molecule has 4 saturated carbocycles. The van der Waals surface area contributed by atoms with Crippen LogP contribution in [0.2, 0.25) is 0 Å². The second kappa shape index (κ2) is 20.3. The Hall–Kier alpha value is -1.63. The van der Waals surface area contributed by atoms with Gasteiger partial charge in [0.1, 0.15) is 97.7 Å². The van der Waals surface area contributed by atoms with E-state index in [2.05, 4.69) is 13.5 Å². The second-order valence-electron chi connectivity index (χ2n) is 20.8. The van der Waals surface area contributed by atoms with Crippen LogP contribution >= 0.6 is 0 Å². The minimum absolute atomic E-state index is 0. The maximum absolute atomic E-state index is 14.3. The minimum atomic E-state index is -1.95. The highest BCUT2D eigenvalue weighted by Crippen LogP contribution is 2.74. The summed E-state index contributed by atoms with van der Waals surface area (Å²) in [5, 5.41) is 148. The van der Waals surface area contributed by atoms with E-state index in [4.69, 9.17) is 37.9 Å². The lowest BCUT2D eigenvalue weighted by Crippen LogP contribution is -2.68. The molecule has 8 fully saturated rings. The van der Waals surface area contributed by atoms with Crippen LogP contribution in [0.5, 0.6) is 0 Å². The van der Waals surface area contributed by atoms with Crippen molar-refractivity contribution >= 4 is 5.97 Å². The van der Waals surface area contributed by atoms with Crippen molar-refractivity contribution in [3.8, 4) is 0 Å². The topological polar surface area (TPSA) is 374 Å². The van der Waals surface area contributed by atoms with Crippen LogP contribution in [0.15, 0.2) is 12.2 Å². The Morgan fingerprint density at radius 3 is 1.56 bits per heavy atom. The molecule has 8 aliphatic rings. The van der Waals surface area contributed by atoms with E-state index in [9.17, 15) is 76.3 Å². The molecule has 1 spiro atoms. The number of rotatable bonds is 12. The van der Waals surface area contributed by atoms with Crippen molar-refractivity contribution in [3.05, 3.63) is 12.2 Å². The Bertz CT molecular complexity index is 1760. The zero-order valence-corrected chi connectivity index (χ0v) is 37.5. The van der Waals surface area contributed by atoms with Crippen LogP contribution in [-0.4, -0.2) is 232 Å². The van der Waals surface area contributed by atoms with E-state index in [-0.39, 0.29) is 19.3 Å². The molecule has 23 nitrogen and oxygen atoms in total. The molecule has 392 valence electrons. The quantitative estimate of drug-likeness (QED) is 0.0498. The molecule has 0 aromatic carbocycles. The Balaban J connectivity index is 0.00000684. The van der Waals surface area contributed by atoms with Gasteiger partial charge in [-0.1, -0.05) is 27.4 Å². The third kappa shape index (κ3) is 8.91. The van der Waals surface area contributed by atoms with Crippen LogP contribution in [0.3, 0.4) is 0 Å². The third-order valence-corrected chi connectivity index (χ3v) is 17.1. The fourth-order valence-corrected chi connectivity index (χ4v) is 13.5. The van der Waals surface area contributed by atoms with E-state index < -0.39 is 177 Å². The number of aliphatic hydroxyl groups is 14. The van der Waals surface area contributed by atoms with Gasteiger partial charge in [-0.25, -0.2) is 0 Å². The number of aliphatic hydroxyl groups excluding tert-OH is 14. The van der Waals surface area contributed by atoms with Gasteiger partial charge in [-0.05, 0) is 86.5 Å². The lowest BCUT2D eigenvalue weighted by atomic mass is 9.41. The Morgan fingerprint density at radius 1 is 0.574 bits per heavy atom. The Labute approximate surface area is 393 Å². The number of carbonyl (C=O) groups is 1. The largest absolute Gasteiger partial charge is 0.432 e. The highest BCUT2D eigenvalue weighted by Gasteiger charge is 2.70. The van der Waals surface area contributed by atoms with Gasteiger partial charge in [-0.15, -0.1) is 0 Å². The molecule has 8 rings (SSSR count). The molecule has 23 heteroatoms. The predicted molar refractivity (Wildman–Crippen MR) is 226 cm³/mol. The van der Waals surface area contributed by atoms with E-state index in [1.807, 2.05) is 6.92 Å². The van der Waals surface area contributed by atoms with Gasteiger partial charge < -0.3 is 109 Å². The molecule has 0 radical (unpaired) electrons. The molecule has 2 bridgehead atoms. The normalized spacial score (nSPS) is 53.7. The van der Waals surface area contributed by atoms with Gasteiger partial charge >= 0.3 is 5.97 Å². The van der Waals surface area contributed by atoms with E-state index in [1.54, 1.807) is 0 Å². The first-order chi connectivity index (χ1) is 31.6. The van der Waals surface area contributed by atoms with Crippen molar-refractivity contribution in [1.82, 2.24) is 0 Å². The molecule has 4 aliphatic carbocycles. The maximum atomic E-state index is 14.3. The summed E-state index contributed by atoms with van der Waals surface area (Å²) < 4.78 is 48.2. The van der Waals surface area contributed by atoms with Crippen molar-refractivity contribution in [2.24, 2.45) is 28.1 Å². The predicted octanol–water partition coefficient (Wildman–Crippen LogP) is -4.48. The van der Waals surface area contributed by atoms with Gasteiger partial charge in [0, 0.05) is 0 Å². The zero-order valence-electron chi connectivity index (χ0n) is 37.5. The number of hydrogen-bond donors (Lipinski definition) is 14. The molecule has 14 N–H and O–H groups in total. The fourth-order valence-electron chi connectivity index (χ4n) is 13.5. The first-order valence-corrected chi connectivity index (χ1v) is 23.4. The molecule has 4 saturated heterocycles. The van der Waals surface area contributed by atoms with Crippen molar-refractivity contribution in [2.45, 2.75) is 207 Å².